The van der Waals surface area contributed by atoms with Gasteiger partial charge in [-0.3, -0.25) is 0 Å². The maximum Gasteiger partial charge on any atom is 0.0728 e. The Bertz CT molecular complexity index is 850. The third-order valence-electron chi connectivity index (χ3n) is 3.01. The molecule has 8 nitrogen and oxygen atoms in total. The standard InChI is InChI=1S/C14H8O8/c15-11(16)6-2-1-5-3-8(12(17)18)10(14(21)22)9(13(19)20)7(5)4-6/h1-4H,(H,15,16)(H,17,18)(H,19,20)(H,21,22)/p-4. The van der Waals surface area contributed by atoms with Crippen molar-refractivity contribution in [1.82, 2.24) is 0 Å². The highest BCUT2D eigenvalue weighted by molar-refractivity contribution is 6.16. The highest BCUT2D eigenvalue weighted by Crippen LogP contribution is 2.26. The van der Waals surface area contributed by atoms with Gasteiger partial charge in [-0.2, -0.15) is 0 Å². The molecule has 0 amide bonds. The Morgan fingerprint density at radius 3 is 1.73 bits per heavy atom. The molecule has 0 aromatic heterocycles. The topological polar surface area (TPSA) is 161 Å². The molecule has 0 spiro atoms. The van der Waals surface area contributed by atoms with Gasteiger partial charge in [-0.05, 0) is 28.5 Å². The molecular formula is C14H4O8-4. The van der Waals surface area contributed by atoms with Gasteiger partial charge in [0.2, 0.25) is 0 Å². The Kier molecular flexibility index (Phi) is 3.52. The SMILES string of the molecule is O=C([O-])c1ccc2cc(C(=O)[O-])c(C(=O)[O-])c(C(=O)[O-])c2c1. The second kappa shape index (κ2) is 5.17. The number of hydrogen-bond acceptors (Lipinski definition) is 8. The molecule has 112 valence electrons. The molecule has 2 aromatic carbocycles. The lowest BCUT2D eigenvalue weighted by molar-refractivity contribution is -0.261. The molecular weight excluding hydrogens is 296 g/mol. The van der Waals surface area contributed by atoms with Crippen molar-refractivity contribution in [2.45, 2.75) is 0 Å². The first-order valence-electron chi connectivity index (χ1n) is 5.70. The number of rotatable bonds is 4. The molecule has 22 heavy (non-hydrogen) atoms. The fraction of sp³-hybridized carbons (Fsp3) is 0. The summed E-state index contributed by atoms with van der Waals surface area (Å²) < 4.78 is 0. The van der Waals surface area contributed by atoms with Gasteiger partial charge in [-0.25, -0.2) is 0 Å². The lowest BCUT2D eigenvalue weighted by Crippen LogP contribution is -2.35. The molecule has 8 heteroatoms. The molecule has 0 aliphatic rings. The van der Waals surface area contributed by atoms with Crippen LogP contribution < -0.4 is 20.4 Å². The zero-order valence-corrected chi connectivity index (χ0v) is 10.6. The first-order valence-corrected chi connectivity index (χ1v) is 5.70. The fourth-order valence-corrected chi connectivity index (χ4v) is 2.11. The van der Waals surface area contributed by atoms with E-state index in [2.05, 4.69) is 0 Å². The average molecular weight is 300 g/mol. The smallest absolute Gasteiger partial charge is 0.0728 e. The molecule has 0 radical (unpaired) electrons. The highest BCUT2D eigenvalue weighted by atomic mass is 16.4. The number of aromatic carboxylic acids is 4. The quantitative estimate of drug-likeness (QED) is 0.557. The Morgan fingerprint density at radius 2 is 1.27 bits per heavy atom. The van der Waals surface area contributed by atoms with Gasteiger partial charge in [0, 0.05) is 16.7 Å². The second-order valence-electron chi connectivity index (χ2n) is 4.26. The van der Waals surface area contributed by atoms with Crippen LogP contribution in [0.2, 0.25) is 0 Å². The van der Waals surface area contributed by atoms with Crippen molar-refractivity contribution < 1.29 is 39.6 Å². The summed E-state index contributed by atoms with van der Waals surface area (Å²) in [6.45, 7) is 0. The van der Waals surface area contributed by atoms with Gasteiger partial charge in [0.15, 0.2) is 0 Å². The van der Waals surface area contributed by atoms with Crippen LogP contribution >= 0.6 is 0 Å². The number of fused-ring (bicyclic) bond motifs is 1. The van der Waals surface area contributed by atoms with E-state index in [1.54, 1.807) is 0 Å². The van der Waals surface area contributed by atoms with Crippen molar-refractivity contribution in [1.29, 1.82) is 0 Å². The van der Waals surface area contributed by atoms with Crippen molar-refractivity contribution in [3.8, 4) is 0 Å². The number of carbonyl (C=O) groups is 4. The van der Waals surface area contributed by atoms with Gasteiger partial charge in [0.05, 0.1) is 23.9 Å². The summed E-state index contributed by atoms with van der Waals surface area (Å²) in [7, 11) is 0. The van der Waals surface area contributed by atoms with Gasteiger partial charge in [0.25, 0.3) is 0 Å². The van der Waals surface area contributed by atoms with E-state index in [-0.39, 0.29) is 10.8 Å². The number of benzene rings is 2. The van der Waals surface area contributed by atoms with Gasteiger partial charge in [-0.15, -0.1) is 0 Å². The van der Waals surface area contributed by atoms with Crippen molar-refractivity contribution >= 4 is 34.6 Å². The molecule has 0 heterocycles. The van der Waals surface area contributed by atoms with E-state index in [0.717, 1.165) is 24.3 Å². The van der Waals surface area contributed by atoms with Gasteiger partial charge >= 0.3 is 0 Å². The molecule has 0 N–H and O–H groups in total. The maximum absolute atomic E-state index is 11.2. The van der Waals surface area contributed by atoms with E-state index < -0.39 is 46.1 Å². The van der Waals surface area contributed by atoms with Crippen molar-refractivity contribution in [3.63, 3.8) is 0 Å². The van der Waals surface area contributed by atoms with E-state index in [0.29, 0.717) is 0 Å². The molecule has 0 saturated carbocycles. The lowest BCUT2D eigenvalue weighted by atomic mass is 9.92. The molecule has 0 bridgehead atoms. The summed E-state index contributed by atoms with van der Waals surface area (Å²) in [5.74, 6) is -7.61. The minimum atomic E-state index is -2.07. The van der Waals surface area contributed by atoms with Crippen LogP contribution in [0, 0.1) is 0 Å². The molecule has 2 rings (SSSR count). The van der Waals surface area contributed by atoms with Crippen LogP contribution in [0.25, 0.3) is 10.8 Å². The van der Waals surface area contributed by atoms with Crippen molar-refractivity contribution in [2.24, 2.45) is 0 Å². The zero-order valence-electron chi connectivity index (χ0n) is 10.6. The third kappa shape index (κ3) is 2.33. The van der Waals surface area contributed by atoms with Gasteiger partial charge in [0.1, 0.15) is 0 Å². The van der Waals surface area contributed by atoms with Crippen LogP contribution in [0.3, 0.4) is 0 Å². The monoisotopic (exact) mass is 300 g/mol. The maximum atomic E-state index is 11.2. The van der Waals surface area contributed by atoms with Crippen LogP contribution in [-0.2, 0) is 0 Å². The molecule has 0 fully saturated rings. The minimum Gasteiger partial charge on any atom is -0.545 e. The number of carboxylic acids is 4. The first-order chi connectivity index (χ1) is 10.2. The summed E-state index contributed by atoms with van der Waals surface area (Å²) in [5.41, 5.74) is -3.48. The predicted molar refractivity (Wildman–Crippen MR) is 61.3 cm³/mol. The van der Waals surface area contributed by atoms with Gasteiger partial charge < -0.3 is 39.6 Å². The van der Waals surface area contributed by atoms with Crippen molar-refractivity contribution in [2.75, 3.05) is 0 Å². The number of carbonyl (C=O) groups excluding carboxylic acids is 4. The first kappa shape index (κ1) is 15.0. The Hall–Kier alpha value is -3.42. The van der Waals surface area contributed by atoms with E-state index in [4.69, 9.17) is 0 Å². The van der Waals surface area contributed by atoms with E-state index in [9.17, 15) is 39.6 Å². The normalized spacial score (nSPS) is 10.4. The summed E-state index contributed by atoms with van der Waals surface area (Å²) in [4.78, 5) is 44.1. The fourth-order valence-electron chi connectivity index (χ4n) is 2.11. The molecule has 2 aromatic rings. The highest BCUT2D eigenvalue weighted by Gasteiger charge is 2.16. The minimum absolute atomic E-state index is 0.0200. The zero-order chi connectivity index (χ0) is 16.6. The Balaban J connectivity index is 3.04. The third-order valence-corrected chi connectivity index (χ3v) is 3.01. The van der Waals surface area contributed by atoms with Crippen LogP contribution in [0.1, 0.15) is 41.4 Å². The van der Waals surface area contributed by atoms with Crippen LogP contribution in [0.5, 0.6) is 0 Å². The predicted octanol–water partition coefficient (Wildman–Crippen LogP) is -3.71. The van der Waals surface area contributed by atoms with Crippen LogP contribution in [0.4, 0.5) is 0 Å². The van der Waals surface area contributed by atoms with Crippen LogP contribution in [-0.4, -0.2) is 23.9 Å². The number of hydrogen-bond donors (Lipinski definition) is 0. The average Bonchev–Trinajstić information content (AvgIpc) is 2.43. The van der Waals surface area contributed by atoms with E-state index >= 15 is 0 Å². The van der Waals surface area contributed by atoms with E-state index in [1.165, 1.54) is 0 Å². The summed E-state index contributed by atoms with van der Waals surface area (Å²) >= 11 is 0. The lowest BCUT2D eigenvalue weighted by Gasteiger charge is -2.20. The summed E-state index contributed by atoms with van der Waals surface area (Å²) in [5, 5.41) is 43.8. The largest absolute Gasteiger partial charge is 0.545 e. The Morgan fingerprint density at radius 1 is 0.682 bits per heavy atom. The molecule has 0 atom stereocenters. The molecule has 0 unspecified atom stereocenters. The van der Waals surface area contributed by atoms with E-state index in [1.807, 2.05) is 0 Å². The van der Waals surface area contributed by atoms with Crippen LogP contribution in [0.15, 0.2) is 24.3 Å². The van der Waals surface area contributed by atoms with Crippen molar-refractivity contribution in [3.05, 3.63) is 46.5 Å². The summed E-state index contributed by atoms with van der Waals surface area (Å²) in [6.07, 6.45) is 0. The Labute approximate surface area is 121 Å². The summed E-state index contributed by atoms with van der Waals surface area (Å²) in [6, 6.07) is 3.86. The number of carboxylic acid groups (broad SMARTS) is 4. The molecule has 0 saturated heterocycles. The molecule has 0 aliphatic carbocycles. The van der Waals surface area contributed by atoms with Gasteiger partial charge in [-0.1, -0.05) is 12.1 Å². The molecule has 0 aliphatic heterocycles. The second-order valence-corrected chi connectivity index (χ2v) is 4.26.